The molecule has 6 unspecified atom stereocenters. The van der Waals surface area contributed by atoms with Crippen LogP contribution in [0.4, 0.5) is 0 Å². The zero-order valence-corrected chi connectivity index (χ0v) is 21.7. The van der Waals surface area contributed by atoms with Gasteiger partial charge in [-0.1, -0.05) is 41.9 Å². The third kappa shape index (κ3) is 4.63. The summed E-state index contributed by atoms with van der Waals surface area (Å²) in [5.41, 5.74) is -0.614. The number of aliphatic hydroxyl groups is 2. The lowest BCUT2D eigenvalue weighted by Crippen LogP contribution is -2.59. The summed E-state index contributed by atoms with van der Waals surface area (Å²) in [5.74, 6) is 0.186. The lowest BCUT2D eigenvalue weighted by atomic mass is 9.47. The maximum absolute atomic E-state index is 11.8. The molecule has 1 aliphatic heterocycles. The van der Waals surface area contributed by atoms with Crippen molar-refractivity contribution in [2.24, 2.45) is 16.7 Å². The smallest absolute Gasteiger partial charge is 0.335 e. The van der Waals surface area contributed by atoms with E-state index in [-0.39, 0.29) is 22.5 Å². The van der Waals surface area contributed by atoms with E-state index in [0.29, 0.717) is 35.8 Å². The van der Waals surface area contributed by atoms with Crippen molar-refractivity contribution in [1.82, 2.24) is 0 Å². The fourth-order valence-corrected chi connectivity index (χ4v) is 7.61. The molecule has 3 aliphatic rings. The normalized spacial score (nSPS) is 38.6. The number of halogens is 1. The van der Waals surface area contributed by atoms with Crippen LogP contribution in [0.3, 0.4) is 0 Å². The Morgan fingerprint density at radius 2 is 2.00 bits per heavy atom. The summed E-state index contributed by atoms with van der Waals surface area (Å²) in [6, 6.07) is 4.96. The van der Waals surface area contributed by atoms with Crippen LogP contribution in [0.25, 0.3) is 0 Å². The predicted molar refractivity (Wildman–Crippen MR) is 132 cm³/mol. The van der Waals surface area contributed by atoms with Gasteiger partial charge < -0.3 is 20.1 Å². The van der Waals surface area contributed by atoms with Gasteiger partial charge in [0.2, 0.25) is 0 Å². The van der Waals surface area contributed by atoms with E-state index in [9.17, 15) is 20.1 Å². The Morgan fingerprint density at radius 3 is 2.67 bits per heavy atom. The monoisotopic (exact) mass is 520 g/mol. The van der Waals surface area contributed by atoms with E-state index in [2.05, 4.69) is 35.9 Å². The van der Waals surface area contributed by atoms with E-state index >= 15 is 0 Å². The molecule has 6 heteroatoms. The molecule has 6 atom stereocenters. The molecule has 0 amide bonds. The number of benzene rings is 1. The molecule has 0 spiro atoms. The predicted octanol–water partition coefficient (Wildman–Crippen LogP) is 5.51. The van der Waals surface area contributed by atoms with Gasteiger partial charge in [-0.15, -0.1) is 0 Å². The quantitative estimate of drug-likeness (QED) is 0.352. The minimum atomic E-state index is -0.947. The van der Waals surface area contributed by atoms with Crippen LogP contribution >= 0.6 is 15.9 Å². The number of carboxylic acids is 1. The molecule has 1 aromatic carbocycles. The molecule has 3 N–H and O–H groups in total. The number of rotatable bonds is 5. The molecular formula is C27H37BrO5. The van der Waals surface area contributed by atoms with Crippen molar-refractivity contribution in [3.8, 4) is 5.75 Å². The van der Waals surface area contributed by atoms with Gasteiger partial charge in [-0.2, -0.15) is 0 Å². The Hall–Kier alpha value is -1.37. The van der Waals surface area contributed by atoms with Crippen LogP contribution in [0, 0.1) is 16.7 Å². The zero-order chi connectivity index (χ0) is 24.2. The first-order valence-electron chi connectivity index (χ1n) is 12.1. The number of aromatic carboxylic acids is 1. The second-order valence-electron chi connectivity index (χ2n) is 11.7. The van der Waals surface area contributed by atoms with Gasteiger partial charge in [-0.3, -0.25) is 0 Å². The maximum atomic E-state index is 11.8. The first-order chi connectivity index (χ1) is 15.3. The second kappa shape index (κ2) is 8.39. The van der Waals surface area contributed by atoms with Crippen LogP contribution in [0.5, 0.6) is 5.75 Å². The van der Waals surface area contributed by atoms with E-state index in [0.717, 1.165) is 31.2 Å². The molecule has 5 nitrogen and oxygen atoms in total. The Bertz CT molecular complexity index is 952. The SMILES string of the molecule is CC(C)(O)C=CCC1(C)C(Br)CCC2(C)CC(O)(C3Cc4cc(C(=O)O)ccc4O3)CCC21. The Morgan fingerprint density at radius 1 is 1.27 bits per heavy atom. The van der Waals surface area contributed by atoms with Crippen LogP contribution in [-0.2, 0) is 6.42 Å². The largest absolute Gasteiger partial charge is 0.487 e. The molecule has 0 aromatic heterocycles. The van der Waals surface area contributed by atoms with Crippen LogP contribution in [-0.4, -0.2) is 43.4 Å². The van der Waals surface area contributed by atoms with E-state index < -0.39 is 17.2 Å². The molecule has 4 rings (SSSR count). The van der Waals surface area contributed by atoms with Gasteiger partial charge in [0.15, 0.2) is 0 Å². The topological polar surface area (TPSA) is 87.0 Å². The van der Waals surface area contributed by atoms with Crippen LogP contribution in [0.1, 0.15) is 82.1 Å². The molecule has 2 saturated carbocycles. The number of hydrogen-bond donors (Lipinski definition) is 3. The molecule has 2 fully saturated rings. The summed E-state index contributed by atoms with van der Waals surface area (Å²) in [6.45, 7) is 8.26. The minimum absolute atomic E-state index is 0.0149. The Labute approximate surface area is 205 Å². The third-order valence-corrected chi connectivity index (χ3v) is 10.1. The highest BCUT2D eigenvalue weighted by Crippen LogP contribution is 2.63. The molecule has 0 radical (unpaired) electrons. The lowest BCUT2D eigenvalue weighted by molar-refractivity contribution is -0.157. The minimum Gasteiger partial charge on any atom is -0.487 e. The van der Waals surface area contributed by atoms with E-state index in [1.807, 2.05) is 6.08 Å². The third-order valence-electron chi connectivity index (χ3n) is 8.56. The number of ether oxygens (including phenoxy) is 1. The van der Waals surface area contributed by atoms with Crippen molar-refractivity contribution >= 4 is 21.9 Å². The van der Waals surface area contributed by atoms with E-state index in [1.165, 1.54) is 0 Å². The second-order valence-corrected chi connectivity index (χ2v) is 12.8. The van der Waals surface area contributed by atoms with Gasteiger partial charge in [-0.25, -0.2) is 4.79 Å². The maximum Gasteiger partial charge on any atom is 0.335 e. The fraction of sp³-hybridized carbons (Fsp3) is 0.667. The molecular weight excluding hydrogens is 484 g/mol. The van der Waals surface area contributed by atoms with Crippen molar-refractivity contribution < 1.29 is 24.9 Å². The number of carbonyl (C=O) groups is 1. The van der Waals surface area contributed by atoms with Crippen molar-refractivity contribution in [1.29, 1.82) is 0 Å². The highest BCUT2D eigenvalue weighted by Gasteiger charge is 2.59. The van der Waals surface area contributed by atoms with Crippen molar-refractivity contribution in [2.75, 3.05) is 0 Å². The average Bonchev–Trinajstić information content (AvgIpc) is 3.14. The number of alkyl halides is 1. The van der Waals surface area contributed by atoms with Crippen LogP contribution in [0.2, 0.25) is 0 Å². The summed E-state index contributed by atoms with van der Waals surface area (Å²) >= 11 is 3.98. The summed E-state index contributed by atoms with van der Waals surface area (Å²) in [7, 11) is 0. The Kier molecular flexibility index (Phi) is 6.29. The summed E-state index contributed by atoms with van der Waals surface area (Å²) in [4.78, 5) is 11.7. The molecule has 1 aromatic rings. The van der Waals surface area contributed by atoms with Gasteiger partial charge >= 0.3 is 5.97 Å². The molecule has 0 bridgehead atoms. The van der Waals surface area contributed by atoms with Gasteiger partial charge in [0.1, 0.15) is 17.5 Å². The average molecular weight is 521 g/mol. The number of carboxylic acid groups (broad SMARTS) is 1. The number of hydrogen-bond acceptors (Lipinski definition) is 4. The fourth-order valence-electron chi connectivity index (χ4n) is 6.87. The Balaban J connectivity index is 1.54. The van der Waals surface area contributed by atoms with E-state index in [1.54, 1.807) is 32.0 Å². The molecule has 2 aliphatic carbocycles. The summed E-state index contributed by atoms with van der Waals surface area (Å²) in [6.07, 6.45) is 9.44. The summed E-state index contributed by atoms with van der Waals surface area (Å²) < 4.78 is 6.19. The number of allylic oxidation sites excluding steroid dienone is 1. The molecule has 182 valence electrons. The van der Waals surface area contributed by atoms with E-state index in [4.69, 9.17) is 4.74 Å². The van der Waals surface area contributed by atoms with Gasteiger partial charge in [-0.05, 0) is 92.9 Å². The van der Waals surface area contributed by atoms with Crippen LogP contribution in [0.15, 0.2) is 30.4 Å². The summed E-state index contributed by atoms with van der Waals surface area (Å²) in [5, 5.41) is 31.3. The first kappa shape index (κ1) is 24.7. The first-order valence-corrected chi connectivity index (χ1v) is 13.0. The number of fused-ring (bicyclic) bond motifs is 2. The van der Waals surface area contributed by atoms with Crippen molar-refractivity contribution in [3.63, 3.8) is 0 Å². The van der Waals surface area contributed by atoms with Gasteiger partial charge in [0.25, 0.3) is 0 Å². The molecule has 33 heavy (non-hydrogen) atoms. The molecule has 0 saturated heterocycles. The van der Waals surface area contributed by atoms with Crippen LogP contribution < -0.4 is 4.74 Å². The zero-order valence-electron chi connectivity index (χ0n) is 20.1. The van der Waals surface area contributed by atoms with Gasteiger partial charge in [0.05, 0.1) is 11.2 Å². The lowest BCUT2D eigenvalue weighted by Gasteiger charge is -2.60. The highest BCUT2D eigenvalue weighted by atomic mass is 79.9. The van der Waals surface area contributed by atoms with Crippen molar-refractivity contribution in [2.45, 2.75) is 94.8 Å². The molecule has 1 heterocycles. The van der Waals surface area contributed by atoms with Crippen molar-refractivity contribution in [3.05, 3.63) is 41.5 Å². The van der Waals surface area contributed by atoms with Gasteiger partial charge in [0, 0.05) is 11.2 Å². The standard InChI is InChI=1S/C27H37BrO5/c1-24(2,31)10-5-11-26(4)20-8-13-27(32,16-25(20,3)12-9-21(26)28)22-15-18-14-17(23(29)30)6-7-19(18)33-22/h5-7,10,14,20-22,31-32H,8-9,11-13,15-16H2,1-4H3,(H,29,30). The highest BCUT2D eigenvalue weighted by molar-refractivity contribution is 9.09.